The predicted molar refractivity (Wildman–Crippen MR) is 158 cm³/mol. The van der Waals surface area contributed by atoms with Crippen LogP contribution in [0.15, 0.2) is 47.6 Å². The SMILES string of the molecule is Cc1cc(Nc2ncc3c(n2)N2CCN=C2N(c2c(Cl)cccc2Cl)C3=O)ccc1N1CC(C)N(C)C(C)C1. The molecule has 1 saturated heterocycles. The molecule has 0 bridgehead atoms. The first-order valence-corrected chi connectivity index (χ1v) is 13.8. The molecule has 0 saturated carbocycles. The lowest BCUT2D eigenvalue weighted by Gasteiger charge is -2.44. The smallest absolute Gasteiger partial charge is 0.270 e. The number of likely N-dealkylation sites (N-methyl/N-ethyl adjacent to an activating group) is 1. The summed E-state index contributed by atoms with van der Waals surface area (Å²) in [7, 11) is 2.19. The zero-order chi connectivity index (χ0) is 27.4. The molecule has 0 radical (unpaired) electrons. The molecule has 4 heterocycles. The Labute approximate surface area is 238 Å². The molecule has 202 valence electrons. The number of amides is 1. The van der Waals surface area contributed by atoms with Gasteiger partial charge in [0.15, 0.2) is 5.82 Å². The topological polar surface area (TPSA) is 80.2 Å². The van der Waals surface area contributed by atoms with E-state index in [9.17, 15) is 4.79 Å². The van der Waals surface area contributed by atoms with Crippen LogP contribution in [0.25, 0.3) is 0 Å². The van der Waals surface area contributed by atoms with E-state index in [0.29, 0.717) is 64.2 Å². The normalized spacial score (nSPS) is 21.1. The highest BCUT2D eigenvalue weighted by molar-refractivity contribution is 6.43. The van der Waals surface area contributed by atoms with Crippen molar-refractivity contribution >= 4 is 63.9 Å². The van der Waals surface area contributed by atoms with Crippen LogP contribution in [0.1, 0.15) is 29.8 Å². The number of carbonyl (C=O) groups is 1. The van der Waals surface area contributed by atoms with Crippen molar-refractivity contribution in [3.63, 3.8) is 0 Å². The number of aromatic nitrogens is 2. The maximum atomic E-state index is 13.6. The summed E-state index contributed by atoms with van der Waals surface area (Å²) < 4.78 is 0. The molecule has 1 aromatic heterocycles. The average Bonchev–Trinajstić information content (AvgIpc) is 3.39. The van der Waals surface area contributed by atoms with Gasteiger partial charge in [-0.1, -0.05) is 29.3 Å². The van der Waals surface area contributed by atoms with Gasteiger partial charge >= 0.3 is 0 Å². The molecule has 1 fully saturated rings. The lowest BCUT2D eigenvalue weighted by Crippen LogP contribution is -2.55. The monoisotopic (exact) mass is 564 g/mol. The Hall–Kier alpha value is -3.40. The molecule has 2 atom stereocenters. The van der Waals surface area contributed by atoms with Gasteiger partial charge < -0.3 is 10.2 Å². The van der Waals surface area contributed by atoms with Crippen molar-refractivity contribution in [2.45, 2.75) is 32.9 Å². The van der Waals surface area contributed by atoms with Crippen molar-refractivity contribution in [1.82, 2.24) is 14.9 Å². The second-order valence-corrected chi connectivity index (χ2v) is 11.2. The Morgan fingerprint density at radius 2 is 1.77 bits per heavy atom. The highest BCUT2D eigenvalue weighted by atomic mass is 35.5. The number of para-hydroxylation sites is 1. The summed E-state index contributed by atoms with van der Waals surface area (Å²) >= 11 is 12.9. The van der Waals surface area contributed by atoms with Gasteiger partial charge in [0.1, 0.15) is 5.56 Å². The molecule has 3 aliphatic heterocycles. The molecule has 9 nitrogen and oxygen atoms in total. The van der Waals surface area contributed by atoms with Crippen molar-refractivity contribution in [2.24, 2.45) is 4.99 Å². The van der Waals surface area contributed by atoms with Crippen LogP contribution in [-0.2, 0) is 0 Å². The van der Waals surface area contributed by atoms with Crippen LogP contribution in [-0.4, -0.2) is 72.0 Å². The number of hydrogen-bond acceptors (Lipinski definition) is 8. The largest absolute Gasteiger partial charge is 0.368 e. The molecule has 0 aliphatic carbocycles. The van der Waals surface area contributed by atoms with Gasteiger partial charge in [0.05, 0.1) is 22.3 Å². The first kappa shape index (κ1) is 25.9. The van der Waals surface area contributed by atoms with Crippen LogP contribution in [0.5, 0.6) is 0 Å². The Morgan fingerprint density at radius 1 is 1.05 bits per heavy atom. The predicted octanol–water partition coefficient (Wildman–Crippen LogP) is 5.20. The van der Waals surface area contributed by atoms with Crippen LogP contribution in [0.4, 0.5) is 28.8 Å². The fourth-order valence-electron chi connectivity index (χ4n) is 5.55. The Kier molecular flexibility index (Phi) is 6.61. The van der Waals surface area contributed by atoms with E-state index in [4.69, 9.17) is 28.2 Å². The molecule has 2 aromatic carbocycles. The van der Waals surface area contributed by atoms with Crippen molar-refractivity contribution in [3.8, 4) is 0 Å². The molecule has 0 spiro atoms. The number of guanidine groups is 1. The van der Waals surface area contributed by atoms with E-state index >= 15 is 0 Å². The van der Waals surface area contributed by atoms with Crippen LogP contribution in [0.3, 0.4) is 0 Å². The Morgan fingerprint density at radius 3 is 2.46 bits per heavy atom. The van der Waals surface area contributed by atoms with Crippen molar-refractivity contribution in [3.05, 3.63) is 63.8 Å². The zero-order valence-corrected chi connectivity index (χ0v) is 23.8. The molecular weight excluding hydrogens is 535 g/mol. The third-order valence-corrected chi connectivity index (χ3v) is 8.40. The fraction of sp³-hybridized carbons (Fsp3) is 0.357. The van der Waals surface area contributed by atoms with Crippen LogP contribution in [0.2, 0.25) is 10.0 Å². The number of aliphatic imine (C=N–C) groups is 1. The Bertz CT molecular complexity index is 1460. The number of anilines is 5. The summed E-state index contributed by atoms with van der Waals surface area (Å²) in [5.74, 6) is 1.07. The number of fused-ring (bicyclic) bond motifs is 3. The standard InChI is InChI=1S/C28H30Cl2N8O/c1-16-12-19(8-9-23(16)36-14-17(2)35(4)18(3)15-36)33-27-32-13-20-25(34-27)37-11-10-31-28(37)38(26(20)39)24-21(29)6-5-7-22(24)30/h5-9,12-13,17-18H,10-11,14-15H2,1-4H3,(H,32,33,34). The van der Waals surface area contributed by atoms with Crippen molar-refractivity contribution in [1.29, 1.82) is 0 Å². The highest BCUT2D eigenvalue weighted by Gasteiger charge is 2.41. The summed E-state index contributed by atoms with van der Waals surface area (Å²) in [6.07, 6.45) is 1.55. The van der Waals surface area contributed by atoms with Gasteiger partial charge in [0, 0.05) is 49.3 Å². The van der Waals surface area contributed by atoms with Gasteiger partial charge in [-0.15, -0.1) is 0 Å². The number of piperazine rings is 1. The molecule has 6 rings (SSSR count). The van der Waals surface area contributed by atoms with E-state index in [1.54, 1.807) is 24.4 Å². The van der Waals surface area contributed by atoms with E-state index in [1.807, 2.05) is 11.0 Å². The zero-order valence-electron chi connectivity index (χ0n) is 22.3. The highest BCUT2D eigenvalue weighted by Crippen LogP contribution is 2.40. The second kappa shape index (κ2) is 9.97. The summed E-state index contributed by atoms with van der Waals surface area (Å²) in [5.41, 5.74) is 4.07. The number of nitrogens with zero attached hydrogens (tertiary/aromatic N) is 7. The third-order valence-electron chi connectivity index (χ3n) is 7.79. The van der Waals surface area contributed by atoms with E-state index in [2.05, 4.69) is 65.0 Å². The van der Waals surface area contributed by atoms with Crippen LogP contribution >= 0.6 is 23.2 Å². The minimum absolute atomic E-state index is 0.320. The summed E-state index contributed by atoms with van der Waals surface area (Å²) in [4.78, 5) is 35.7. The quantitative estimate of drug-likeness (QED) is 0.466. The fourth-order valence-corrected chi connectivity index (χ4v) is 6.12. The number of rotatable bonds is 4. The van der Waals surface area contributed by atoms with Crippen molar-refractivity contribution < 1.29 is 4.79 Å². The number of carbonyl (C=O) groups excluding carboxylic acids is 1. The molecule has 3 aromatic rings. The van der Waals surface area contributed by atoms with E-state index in [-0.39, 0.29) is 5.91 Å². The summed E-state index contributed by atoms with van der Waals surface area (Å²) in [6, 6.07) is 12.4. The number of hydrogen-bond donors (Lipinski definition) is 1. The molecule has 3 aliphatic rings. The van der Waals surface area contributed by atoms with Gasteiger partial charge in [-0.25, -0.2) is 9.88 Å². The molecule has 1 N–H and O–H groups in total. The van der Waals surface area contributed by atoms with Gasteiger partial charge in [-0.05, 0) is 63.7 Å². The first-order chi connectivity index (χ1) is 18.7. The van der Waals surface area contributed by atoms with Gasteiger partial charge in [-0.3, -0.25) is 19.6 Å². The van der Waals surface area contributed by atoms with Gasteiger partial charge in [-0.2, -0.15) is 4.98 Å². The van der Waals surface area contributed by atoms with Crippen LogP contribution in [0, 0.1) is 6.92 Å². The molecule has 1 amide bonds. The minimum atomic E-state index is -0.320. The van der Waals surface area contributed by atoms with Gasteiger partial charge in [0.2, 0.25) is 11.9 Å². The number of nitrogens with one attached hydrogen (secondary N) is 1. The first-order valence-electron chi connectivity index (χ1n) is 13.0. The lowest BCUT2D eigenvalue weighted by molar-refractivity contribution is 0.1000. The van der Waals surface area contributed by atoms with Gasteiger partial charge in [0.25, 0.3) is 5.91 Å². The molecule has 11 heteroatoms. The Balaban J connectivity index is 1.27. The lowest BCUT2D eigenvalue weighted by atomic mass is 10.1. The number of benzene rings is 2. The van der Waals surface area contributed by atoms with E-state index in [1.165, 1.54) is 16.2 Å². The summed E-state index contributed by atoms with van der Waals surface area (Å²) in [5, 5.41) is 4.06. The van der Waals surface area contributed by atoms with E-state index < -0.39 is 0 Å². The number of aryl methyl sites for hydroxylation is 1. The molecular formula is C28H30Cl2N8O. The molecule has 39 heavy (non-hydrogen) atoms. The number of halogens is 2. The average molecular weight is 566 g/mol. The van der Waals surface area contributed by atoms with Crippen LogP contribution < -0.4 is 20.0 Å². The van der Waals surface area contributed by atoms with E-state index in [0.717, 1.165) is 18.8 Å². The second-order valence-electron chi connectivity index (χ2n) is 10.4. The maximum Gasteiger partial charge on any atom is 0.270 e. The van der Waals surface area contributed by atoms with Crippen molar-refractivity contribution in [2.75, 3.05) is 53.2 Å². The third kappa shape index (κ3) is 4.48. The summed E-state index contributed by atoms with van der Waals surface area (Å²) in [6.45, 7) is 9.76. The minimum Gasteiger partial charge on any atom is -0.368 e. The molecule has 2 unspecified atom stereocenters. The maximum absolute atomic E-state index is 13.6.